The molecule has 0 heterocycles. The summed E-state index contributed by atoms with van der Waals surface area (Å²) in [5.74, 6) is 1.56. The van der Waals surface area contributed by atoms with Gasteiger partial charge in [0.2, 0.25) is 0 Å². The van der Waals surface area contributed by atoms with Crippen LogP contribution in [0.1, 0.15) is 16.7 Å². The van der Waals surface area contributed by atoms with Gasteiger partial charge in [0.05, 0.1) is 20.8 Å². The highest BCUT2D eigenvalue weighted by atomic mass is 35.5. The molecule has 2 rings (SSSR count). The smallest absolute Gasteiger partial charge is 0.122 e. The Morgan fingerprint density at radius 3 is 2.54 bits per heavy atom. The summed E-state index contributed by atoms with van der Waals surface area (Å²) in [4.78, 5) is 0. The van der Waals surface area contributed by atoms with Crippen LogP contribution in [0, 0.1) is 6.92 Å². The summed E-state index contributed by atoms with van der Waals surface area (Å²) in [5.41, 5.74) is 3.20. The van der Waals surface area contributed by atoms with Crippen molar-refractivity contribution in [1.82, 2.24) is 5.32 Å². The average molecular weight is 350 g/mol. The van der Waals surface area contributed by atoms with E-state index < -0.39 is 0 Å². The van der Waals surface area contributed by atoms with Gasteiger partial charge in [-0.25, -0.2) is 0 Å². The van der Waals surface area contributed by atoms with E-state index in [1.165, 1.54) is 0 Å². The zero-order chi connectivity index (χ0) is 17.5. The van der Waals surface area contributed by atoms with E-state index in [2.05, 4.69) is 11.4 Å². The molecule has 0 amide bonds. The molecule has 0 aliphatic rings. The Morgan fingerprint density at radius 2 is 1.92 bits per heavy atom. The zero-order valence-electron chi connectivity index (χ0n) is 14.3. The Balaban J connectivity index is 2.06. The van der Waals surface area contributed by atoms with E-state index in [0.717, 1.165) is 33.2 Å². The van der Waals surface area contributed by atoms with Crippen LogP contribution in [0.15, 0.2) is 36.4 Å². The third-order valence-electron chi connectivity index (χ3n) is 3.87. The second-order valence-corrected chi connectivity index (χ2v) is 6.22. The average Bonchev–Trinajstić information content (AvgIpc) is 2.57. The summed E-state index contributed by atoms with van der Waals surface area (Å²) in [6.07, 6.45) is 0.635. The van der Waals surface area contributed by atoms with E-state index in [1.807, 2.05) is 37.3 Å². The Labute approximate surface area is 148 Å². The number of aliphatic hydroxyl groups is 1. The first-order valence-electron chi connectivity index (χ1n) is 7.87. The molecule has 24 heavy (non-hydrogen) atoms. The number of aryl methyl sites for hydroxylation is 1. The number of aliphatic hydroxyl groups excluding tert-OH is 1. The second-order valence-electron chi connectivity index (χ2n) is 5.78. The SMILES string of the molecule is COc1ccc(OC)c(CC(CO)NCc2cc(C)cc(Cl)c2)c1. The summed E-state index contributed by atoms with van der Waals surface area (Å²) in [7, 11) is 3.27. The highest BCUT2D eigenvalue weighted by Crippen LogP contribution is 2.25. The minimum Gasteiger partial charge on any atom is -0.497 e. The van der Waals surface area contributed by atoms with E-state index in [1.54, 1.807) is 14.2 Å². The second kappa shape index (κ2) is 8.92. The Kier molecular flexibility index (Phi) is 6.91. The summed E-state index contributed by atoms with van der Waals surface area (Å²) in [6.45, 7) is 2.68. The van der Waals surface area contributed by atoms with Gasteiger partial charge in [0.15, 0.2) is 0 Å². The molecule has 0 aliphatic carbocycles. The monoisotopic (exact) mass is 349 g/mol. The van der Waals surface area contributed by atoms with Crippen molar-refractivity contribution in [3.05, 3.63) is 58.1 Å². The van der Waals surface area contributed by atoms with Gasteiger partial charge >= 0.3 is 0 Å². The molecular weight excluding hydrogens is 326 g/mol. The molecule has 0 aliphatic heterocycles. The number of halogens is 1. The number of hydrogen-bond acceptors (Lipinski definition) is 4. The Bertz CT molecular complexity index is 655. The normalized spacial score (nSPS) is 12.0. The number of ether oxygens (including phenoxy) is 2. The van der Waals surface area contributed by atoms with Crippen molar-refractivity contribution in [2.75, 3.05) is 20.8 Å². The minimum absolute atomic E-state index is 0.0277. The largest absolute Gasteiger partial charge is 0.497 e. The highest BCUT2D eigenvalue weighted by molar-refractivity contribution is 6.30. The van der Waals surface area contributed by atoms with Crippen molar-refractivity contribution in [3.63, 3.8) is 0 Å². The van der Waals surface area contributed by atoms with Gasteiger partial charge in [-0.1, -0.05) is 17.7 Å². The molecule has 0 saturated heterocycles. The molecule has 0 spiro atoms. The van der Waals surface area contributed by atoms with Crippen LogP contribution in [0.4, 0.5) is 0 Å². The van der Waals surface area contributed by atoms with Gasteiger partial charge in [0.1, 0.15) is 11.5 Å². The van der Waals surface area contributed by atoms with Crippen LogP contribution in [0.5, 0.6) is 11.5 Å². The molecule has 0 radical (unpaired) electrons. The van der Waals surface area contributed by atoms with Gasteiger partial charge in [-0.2, -0.15) is 0 Å². The lowest BCUT2D eigenvalue weighted by molar-refractivity contribution is 0.239. The van der Waals surface area contributed by atoms with E-state index in [4.69, 9.17) is 21.1 Å². The Hall–Kier alpha value is -1.75. The van der Waals surface area contributed by atoms with Crippen LogP contribution in [0.3, 0.4) is 0 Å². The molecule has 0 bridgehead atoms. The predicted molar refractivity (Wildman–Crippen MR) is 97.2 cm³/mol. The van der Waals surface area contributed by atoms with Gasteiger partial charge in [-0.3, -0.25) is 0 Å². The van der Waals surface area contributed by atoms with Crippen molar-refractivity contribution in [1.29, 1.82) is 0 Å². The van der Waals surface area contributed by atoms with Crippen molar-refractivity contribution in [3.8, 4) is 11.5 Å². The zero-order valence-corrected chi connectivity index (χ0v) is 15.1. The first-order valence-corrected chi connectivity index (χ1v) is 8.24. The van der Waals surface area contributed by atoms with Gasteiger partial charge in [-0.15, -0.1) is 0 Å². The van der Waals surface area contributed by atoms with E-state index in [-0.39, 0.29) is 12.6 Å². The molecule has 4 nitrogen and oxygen atoms in total. The number of rotatable bonds is 8. The third kappa shape index (κ3) is 5.13. The van der Waals surface area contributed by atoms with Crippen molar-refractivity contribution >= 4 is 11.6 Å². The fourth-order valence-electron chi connectivity index (χ4n) is 2.68. The van der Waals surface area contributed by atoms with Crippen molar-refractivity contribution < 1.29 is 14.6 Å². The summed E-state index contributed by atoms with van der Waals surface area (Å²) >= 11 is 6.09. The lowest BCUT2D eigenvalue weighted by Crippen LogP contribution is -2.34. The summed E-state index contributed by atoms with van der Waals surface area (Å²) in [6, 6.07) is 11.5. The van der Waals surface area contributed by atoms with Gasteiger partial charge in [-0.05, 0) is 60.4 Å². The topological polar surface area (TPSA) is 50.7 Å². The first-order chi connectivity index (χ1) is 11.5. The molecule has 2 aromatic carbocycles. The number of hydrogen-bond donors (Lipinski definition) is 2. The summed E-state index contributed by atoms with van der Waals surface area (Å²) < 4.78 is 10.7. The highest BCUT2D eigenvalue weighted by Gasteiger charge is 2.13. The molecule has 130 valence electrons. The van der Waals surface area contributed by atoms with E-state index in [0.29, 0.717) is 13.0 Å². The molecule has 1 unspecified atom stereocenters. The van der Waals surface area contributed by atoms with E-state index in [9.17, 15) is 5.11 Å². The Morgan fingerprint density at radius 1 is 1.12 bits per heavy atom. The fraction of sp³-hybridized carbons (Fsp3) is 0.368. The number of nitrogens with one attached hydrogen (secondary N) is 1. The maximum Gasteiger partial charge on any atom is 0.122 e. The molecule has 2 N–H and O–H groups in total. The molecular formula is C19H24ClNO3. The van der Waals surface area contributed by atoms with Crippen LogP contribution in [-0.4, -0.2) is 32.0 Å². The lowest BCUT2D eigenvalue weighted by Gasteiger charge is -2.19. The molecule has 2 aromatic rings. The van der Waals surface area contributed by atoms with Crippen LogP contribution in [-0.2, 0) is 13.0 Å². The minimum atomic E-state index is -0.0923. The van der Waals surface area contributed by atoms with Gasteiger partial charge < -0.3 is 19.9 Å². The molecule has 1 atom stereocenters. The van der Waals surface area contributed by atoms with Crippen LogP contribution in [0.25, 0.3) is 0 Å². The van der Waals surface area contributed by atoms with Crippen LogP contribution < -0.4 is 14.8 Å². The number of methoxy groups -OCH3 is 2. The molecule has 0 aromatic heterocycles. The van der Waals surface area contributed by atoms with Crippen LogP contribution >= 0.6 is 11.6 Å². The maximum atomic E-state index is 9.70. The van der Waals surface area contributed by atoms with Crippen molar-refractivity contribution in [2.45, 2.75) is 25.9 Å². The van der Waals surface area contributed by atoms with Crippen molar-refractivity contribution in [2.24, 2.45) is 0 Å². The molecule has 0 fully saturated rings. The quantitative estimate of drug-likeness (QED) is 0.767. The molecule has 0 saturated carbocycles. The lowest BCUT2D eigenvalue weighted by atomic mass is 10.0. The maximum absolute atomic E-state index is 9.70. The molecule has 5 heteroatoms. The number of benzene rings is 2. The summed E-state index contributed by atoms with van der Waals surface area (Å²) in [5, 5.41) is 13.8. The van der Waals surface area contributed by atoms with Crippen LogP contribution in [0.2, 0.25) is 5.02 Å². The first kappa shape index (κ1) is 18.6. The third-order valence-corrected chi connectivity index (χ3v) is 4.09. The predicted octanol–water partition coefficient (Wildman–Crippen LogP) is 3.36. The van der Waals surface area contributed by atoms with E-state index >= 15 is 0 Å². The van der Waals surface area contributed by atoms with Gasteiger partial charge in [0.25, 0.3) is 0 Å². The van der Waals surface area contributed by atoms with Gasteiger partial charge in [0, 0.05) is 17.6 Å². The standard InChI is InChI=1S/C19H24ClNO3/c1-13-6-14(8-16(20)7-13)11-21-17(12-22)9-15-10-18(23-2)4-5-19(15)24-3/h4-8,10,17,21-22H,9,11-12H2,1-3H3. The fourth-order valence-corrected chi connectivity index (χ4v) is 3.00.